The lowest BCUT2D eigenvalue weighted by Gasteiger charge is -2.26. The Bertz CT molecular complexity index is 8810. The molecule has 0 aliphatic rings. The van der Waals surface area contributed by atoms with E-state index in [-0.39, 0.29) is 46.8 Å². The van der Waals surface area contributed by atoms with Gasteiger partial charge >= 0.3 is 0 Å². The zero-order chi connectivity index (χ0) is 101. The first-order chi connectivity index (χ1) is 70.3. The monoisotopic (exact) mass is 1600 g/mol. The molecule has 584 valence electrons. The van der Waals surface area contributed by atoms with E-state index >= 15 is 0 Å². The minimum absolute atomic E-state index is 0.00576. The summed E-state index contributed by atoms with van der Waals surface area (Å²) >= 11 is 0. The first kappa shape index (κ1) is 55.4. The number of nitrogens with zero attached hydrogens (tertiary/aromatic N) is 4. The van der Waals surface area contributed by atoms with Gasteiger partial charge in [0.05, 0.1) is 50.9 Å². The molecule has 0 amide bonds. The van der Waals surface area contributed by atoms with Crippen molar-refractivity contribution in [2.45, 2.75) is 0 Å². The molecular weight excluding hydrogens is 1500 g/mol. The van der Waals surface area contributed by atoms with Crippen molar-refractivity contribution in [1.29, 1.82) is 0 Å². The lowest BCUT2D eigenvalue weighted by Crippen LogP contribution is -2.10. The van der Waals surface area contributed by atoms with Crippen LogP contribution >= 0.6 is 0 Å². The summed E-state index contributed by atoms with van der Waals surface area (Å²) in [6.45, 7) is 0. The highest BCUT2D eigenvalue weighted by atomic mass is 15.1. The van der Waals surface area contributed by atoms with E-state index in [0.717, 1.165) is 133 Å². The molecule has 0 aliphatic carbocycles. The number of anilines is 6. The van der Waals surface area contributed by atoms with Crippen molar-refractivity contribution < 1.29 is 28.8 Å². The van der Waals surface area contributed by atoms with Crippen molar-refractivity contribution in [2.24, 2.45) is 0 Å². The van der Waals surface area contributed by atoms with Gasteiger partial charge < -0.3 is 18.9 Å². The molecule has 0 unspecified atom stereocenters. The lowest BCUT2D eigenvalue weighted by atomic mass is 9.94. The molecule has 0 aliphatic heterocycles. The molecule has 0 spiro atoms. The van der Waals surface area contributed by atoms with Crippen molar-refractivity contribution in [3.8, 4) is 123 Å². The van der Waals surface area contributed by atoms with E-state index in [2.05, 4.69) is 124 Å². The number of para-hydroxylation sites is 4. The van der Waals surface area contributed by atoms with Gasteiger partial charge in [0.2, 0.25) is 0 Å². The normalized spacial score (nSPS) is 13.6. The fourth-order valence-corrected chi connectivity index (χ4v) is 16.5. The quantitative estimate of drug-likeness (QED) is 0.0851. The number of rotatable bonds is 18. The third-order valence-electron chi connectivity index (χ3n) is 22.4. The summed E-state index contributed by atoms with van der Waals surface area (Å²) in [6, 6.07) is 112. The smallest absolute Gasteiger partial charge is 0.0651 e. The van der Waals surface area contributed by atoms with Gasteiger partial charge in [0.1, 0.15) is 0 Å². The number of aromatic nitrogens is 2. The highest BCUT2D eigenvalue weighted by molar-refractivity contribution is 6.12. The van der Waals surface area contributed by atoms with Crippen LogP contribution in [-0.2, 0) is 0 Å². The number of hydrogen-bond acceptors (Lipinski definition) is 2. The van der Waals surface area contributed by atoms with Crippen LogP contribution in [0.25, 0.3) is 166 Å². The minimum Gasteiger partial charge on any atom is -0.310 e. The van der Waals surface area contributed by atoms with Crippen molar-refractivity contribution in [1.82, 2.24) is 9.13 Å². The Kier molecular flexibility index (Phi) is 15.1. The van der Waals surface area contributed by atoms with E-state index in [0.29, 0.717) is 16.7 Å². The van der Waals surface area contributed by atoms with Gasteiger partial charge in [-0.15, -0.1) is 0 Å². The molecule has 2 heterocycles. The molecule has 0 saturated carbocycles. The Morgan fingerprint density at radius 3 is 0.831 bits per heavy atom. The van der Waals surface area contributed by atoms with Crippen LogP contribution in [0.3, 0.4) is 0 Å². The zero-order valence-electron chi connectivity index (χ0n) is 87.7. The van der Waals surface area contributed by atoms with E-state index in [4.69, 9.17) is 12.3 Å². The predicted octanol–water partition coefficient (Wildman–Crippen LogP) is 33.2. The highest BCUT2D eigenvalue weighted by Gasteiger charge is 2.22. The van der Waals surface area contributed by atoms with Gasteiger partial charge in [-0.2, -0.15) is 0 Å². The Morgan fingerprint density at radius 2 is 0.435 bits per heavy atom. The molecule has 4 heteroatoms. The average Bonchev–Trinajstić information content (AvgIpc) is 1.37. The molecule has 22 aromatic rings. The van der Waals surface area contributed by atoms with Gasteiger partial charge in [0, 0.05) is 67.0 Å². The summed E-state index contributed by atoms with van der Waals surface area (Å²) < 4.78 is 197. The van der Waals surface area contributed by atoms with Crippen molar-refractivity contribution in [3.63, 3.8) is 0 Å². The van der Waals surface area contributed by atoms with Gasteiger partial charge in [0.15, 0.2) is 0 Å². The molecule has 0 bridgehead atoms. The number of fused-ring (bicyclic) bond motifs is 6. The van der Waals surface area contributed by atoms with Crippen LogP contribution in [0.15, 0.2) is 509 Å². The van der Waals surface area contributed by atoms with Gasteiger partial charge in [-0.25, -0.2) is 0 Å². The first-order valence-corrected chi connectivity index (χ1v) is 40.8. The zero-order valence-corrected chi connectivity index (χ0v) is 66.7. The molecule has 0 radical (unpaired) electrons. The van der Waals surface area contributed by atoms with Crippen LogP contribution in [0.4, 0.5) is 34.1 Å². The first-order valence-electron chi connectivity index (χ1n) is 51.3. The summed E-state index contributed by atoms with van der Waals surface area (Å²) in [5, 5.41) is 3.66. The van der Waals surface area contributed by atoms with E-state index in [1.807, 2.05) is 241 Å². The van der Waals surface area contributed by atoms with E-state index in [1.54, 1.807) is 30.3 Å². The Hall–Kier alpha value is -16.4. The lowest BCUT2D eigenvalue weighted by molar-refractivity contribution is 1.18. The van der Waals surface area contributed by atoms with E-state index in [1.165, 1.54) is 4.90 Å². The second-order valence-electron chi connectivity index (χ2n) is 29.8. The SMILES string of the molecule is [2H]c1c([2H])c(-c2ccc3c(c2)c2ccccc2n3-c2ccccc2)c([2H])c(N(c2ccc(-c3ccc(-c4ccccc4)cc3)cc2)c2ccc(-c3ccccc3-c3ccccc3)cc2)c1[2H].[2H]c1c([2H])c([2H])c(-c2c([2H])c([2H])c(-c3c([2H])c([2H])c(N(c4ccc(-c5ccccc5-c5ccccc5)cc4)c4c([2H])c([2H])c([2H])c(-c5ccc6c(c5)c5ccccc5n6-c5ccccc5)c4[2H])c([2H])c3[2H])c([2H])c2[2H])c([2H])c1[2H]. The maximum Gasteiger partial charge on any atom is 0.0651 e. The molecule has 0 fully saturated rings. The summed E-state index contributed by atoms with van der Waals surface area (Å²) in [5.74, 6) is 0. The van der Waals surface area contributed by atoms with Crippen LogP contribution in [0, 0.1) is 0 Å². The fraction of sp³-hybridized carbons (Fsp3) is 0. The predicted molar refractivity (Wildman–Crippen MR) is 525 cm³/mol. The molecule has 0 N–H and O–H groups in total. The summed E-state index contributed by atoms with van der Waals surface area (Å²) in [7, 11) is 0. The van der Waals surface area contributed by atoms with Crippen molar-refractivity contribution in [2.75, 3.05) is 9.80 Å². The van der Waals surface area contributed by atoms with Crippen molar-refractivity contribution >= 4 is 77.7 Å². The van der Waals surface area contributed by atoms with Gasteiger partial charge in [-0.3, -0.25) is 0 Å². The van der Waals surface area contributed by atoms with Crippen LogP contribution in [-0.4, -0.2) is 9.13 Å². The molecule has 0 atom stereocenters. The van der Waals surface area contributed by atoms with Crippen LogP contribution in [0.5, 0.6) is 0 Å². The van der Waals surface area contributed by atoms with Crippen LogP contribution in [0.2, 0.25) is 0 Å². The second kappa shape index (κ2) is 33.8. The molecule has 20 aromatic carbocycles. The standard InChI is InChI=1S/2C60H42N2/c2*1-4-15-43(16-5-1)44-27-29-45(30-28-44)46-31-36-52(37-32-46)61(53-38-33-48(34-39-53)56-24-11-10-23-55(56)47-17-6-2-7-18-47)54-22-14-19-49(41-54)50-35-40-60-58(42-50)57-25-12-13-26-59(57)62(60)51-20-8-3-9-21-51/h2*1-42H/i1D,4D,5D,14D,15D,16D,19D,22D,27D,28D,29D,30D,31D,32D,36D,37D,41D;14D,19D,22D,41D. The van der Waals surface area contributed by atoms with E-state index < -0.39 is 131 Å². The van der Waals surface area contributed by atoms with E-state index in [9.17, 15) is 16.4 Å². The molecular formula is C120H84N4. The highest BCUT2D eigenvalue weighted by Crippen LogP contribution is 2.46. The van der Waals surface area contributed by atoms with Gasteiger partial charge in [-0.1, -0.05) is 376 Å². The third kappa shape index (κ3) is 15.0. The summed E-state index contributed by atoms with van der Waals surface area (Å²) in [6.07, 6.45) is 0. The number of hydrogen-bond donors (Lipinski definition) is 0. The average molecular weight is 1600 g/mol. The molecule has 124 heavy (non-hydrogen) atoms. The number of benzene rings is 20. The molecule has 22 rings (SSSR count). The Balaban J connectivity index is 0.000000173. The topological polar surface area (TPSA) is 16.3 Å². The van der Waals surface area contributed by atoms with Gasteiger partial charge in [0.25, 0.3) is 0 Å². The Labute approximate surface area is 753 Å². The van der Waals surface area contributed by atoms with Crippen molar-refractivity contribution in [3.05, 3.63) is 509 Å². The maximum absolute atomic E-state index is 10.1. The minimum atomic E-state index is -0.875. The van der Waals surface area contributed by atoms with Crippen LogP contribution in [0.1, 0.15) is 28.8 Å². The largest absolute Gasteiger partial charge is 0.310 e. The van der Waals surface area contributed by atoms with Crippen LogP contribution < -0.4 is 9.80 Å². The third-order valence-corrected chi connectivity index (χ3v) is 22.4. The maximum atomic E-state index is 10.1. The molecule has 4 nitrogen and oxygen atoms in total. The molecule has 2 aromatic heterocycles. The molecule has 0 saturated heterocycles. The fourth-order valence-electron chi connectivity index (χ4n) is 16.5. The second-order valence-corrected chi connectivity index (χ2v) is 29.8. The van der Waals surface area contributed by atoms with Gasteiger partial charge in [-0.05, 0) is 245 Å². The summed E-state index contributed by atoms with van der Waals surface area (Å²) in [5.41, 5.74) is 17.5. The summed E-state index contributed by atoms with van der Waals surface area (Å²) in [4.78, 5) is 3.08. The Morgan fingerprint density at radius 1 is 0.161 bits per heavy atom.